The highest BCUT2D eigenvalue weighted by atomic mass is 32.2. The van der Waals surface area contributed by atoms with Crippen molar-refractivity contribution in [1.82, 2.24) is 0 Å². The van der Waals surface area contributed by atoms with E-state index in [1.54, 1.807) is 24.3 Å². The second-order valence-electron chi connectivity index (χ2n) is 7.27. The first-order valence-corrected chi connectivity index (χ1v) is 10.7. The third kappa shape index (κ3) is 3.83. The lowest BCUT2D eigenvalue weighted by atomic mass is 9.84. The Labute approximate surface area is 164 Å². The Hall–Kier alpha value is -2.22. The maximum absolute atomic E-state index is 14.3. The molecular weight excluding hydrogens is 383 g/mol. The number of aliphatic hydroxyl groups excluding tert-OH is 2. The van der Waals surface area contributed by atoms with Gasteiger partial charge in [0, 0.05) is 11.7 Å². The lowest BCUT2D eigenvalue weighted by molar-refractivity contribution is 0.0677. The summed E-state index contributed by atoms with van der Waals surface area (Å²) in [5.74, 6) is -0.359. The van der Waals surface area contributed by atoms with Crippen LogP contribution in [0.25, 0.3) is 11.1 Å². The quantitative estimate of drug-likeness (QED) is 0.771. The maximum atomic E-state index is 14.3. The minimum Gasteiger partial charge on any atom is -0.494 e. The van der Waals surface area contributed by atoms with Crippen molar-refractivity contribution in [2.24, 2.45) is 5.41 Å². The fraction of sp³-hybridized carbons (Fsp3) is 0.333. The normalized spacial score (nSPS) is 16.5. The Balaban J connectivity index is 2.11. The van der Waals surface area contributed by atoms with Crippen molar-refractivity contribution in [3.05, 3.63) is 59.4 Å². The van der Waals surface area contributed by atoms with Gasteiger partial charge in [-0.3, -0.25) is 0 Å². The number of hydrogen-bond acceptors (Lipinski definition) is 5. The molecule has 0 aliphatic heterocycles. The number of ether oxygens (including phenoxy) is 1. The molecule has 3 rings (SSSR count). The van der Waals surface area contributed by atoms with Gasteiger partial charge in [0.05, 0.1) is 25.2 Å². The lowest BCUT2D eigenvalue weighted by Gasteiger charge is -2.24. The van der Waals surface area contributed by atoms with Crippen molar-refractivity contribution < 1.29 is 27.8 Å². The highest BCUT2D eigenvalue weighted by Crippen LogP contribution is 2.50. The molecule has 0 unspecified atom stereocenters. The maximum Gasteiger partial charge on any atom is 0.175 e. The van der Waals surface area contributed by atoms with E-state index in [2.05, 4.69) is 0 Å². The molecule has 0 heterocycles. The zero-order valence-corrected chi connectivity index (χ0v) is 16.6. The van der Waals surface area contributed by atoms with Crippen LogP contribution < -0.4 is 4.74 Å². The highest BCUT2D eigenvalue weighted by molar-refractivity contribution is 7.90. The average Bonchev–Trinajstić information content (AvgIpc) is 3.08. The van der Waals surface area contributed by atoms with E-state index in [1.165, 1.54) is 25.3 Å². The largest absolute Gasteiger partial charge is 0.494 e. The molecule has 2 aromatic carbocycles. The number of sulfone groups is 1. The van der Waals surface area contributed by atoms with Gasteiger partial charge in [0.25, 0.3) is 0 Å². The summed E-state index contributed by atoms with van der Waals surface area (Å²) >= 11 is 0. The number of halogens is 1. The summed E-state index contributed by atoms with van der Waals surface area (Å²) in [5.41, 5.74) is 2.35. The van der Waals surface area contributed by atoms with Crippen molar-refractivity contribution in [2.45, 2.75) is 17.7 Å². The van der Waals surface area contributed by atoms with Crippen molar-refractivity contribution >= 4 is 21.0 Å². The van der Waals surface area contributed by atoms with Gasteiger partial charge in [-0.15, -0.1) is 0 Å². The predicted octanol–water partition coefficient (Wildman–Crippen LogP) is 2.91. The fourth-order valence-corrected chi connectivity index (χ4v) is 4.24. The van der Waals surface area contributed by atoms with Crippen LogP contribution in [0.3, 0.4) is 0 Å². The van der Waals surface area contributed by atoms with E-state index in [9.17, 15) is 23.0 Å². The summed E-state index contributed by atoms with van der Waals surface area (Å²) in [7, 11) is -1.92. The molecule has 2 N–H and O–H groups in total. The first-order chi connectivity index (χ1) is 13.2. The minimum absolute atomic E-state index is 0.136. The summed E-state index contributed by atoms with van der Waals surface area (Å²) in [6, 6.07) is 11.1. The zero-order chi connectivity index (χ0) is 20.5. The second kappa shape index (κ2) is 7.66. The molecule has 0 fully saturated rings. The van der Waals surface area contributed by atoms with Crippen LogP contribution in [0.5, 0.6) is 5.75 Å². The first-order valence-electron chi connectivity index (χ1n) is 8.81. The Kier molecular flexibility index (Phi) is 5.61. The van der Waals surface area contributed by atoms with Crippen LogP contribution in [0.15, 0.2) is 47.4 Å². The summed E-state index contributed by atoms with van der Waals surface area (Å²) in [4.78, 5) is 0.211. The van der Waals surface area contributed by atoms with E-state index in [4.69, 9.17) is 4.74 Å². The summed E-state index contributed by atoms with van der Waals surface area (Å²) in [6.07, 6.45) is 1.93. The molecule has 0 radical (unpaired) electrons. The van der Waals surface area contributed by atoms with E-state index < -0.39 is 21.1 Å². The van der Waals surface area contributed by atoms with Gasteiger partial charge in [-0.25, -0.2) is 12.8 Å². The Morgan fingerprint density at radius 2 is 1.54 bits per heavy atom. The van der Waals surface area contributed by atoms with Crippen molar-refractivity contribution in [1.29, 1.82) is 0 Å². The molecule has 2 aromatic rings. The van der Waals surface area contributed by atoms with E-state index >= 15 is 0 Å². The van der Waals surface area contributed by atoms with Crippen LogP contribution in [0.4, 0.5) is 4.39 Å². The molecule has 5 nitrogen and oxygen atoms in total. The van der Waals surface area contributed by atoms with Gasteiger partial charge in [-0.1, -0.05) is 18.2 Å². The van der Waals surface area contributed by atoms with Crippen LogP contribution in [0, 0.1) is 11.2 Å². The molecular formula is C21H23FO5S. The summed E-state index contributed by atoms with van der Waals surface area (Å²) in [6.45, 7) is -0.423. The minimum atomic E-state index is -3.31. The number of methoxy groups -OCH3 is 1. The van der Waals surface area contributed by atoms with Gasteiger partial charge in [-0.05, 0) is 59.4 Å². The number of aliphatic hydroxyl groups is 2. The zero-order valence-electron chi connectivity index (χ0n) is 15.8. The number of rotatable bonds is 6. The molecule has 0 saturated heterocycles. The molecule has 150 valence electrons. The van der Waals surface area contributed by atoms with Crippen LogP contribution in [0.2, 0.25) is 0 Å². The van der Waals surface area contributed by atoms with E-state index in [0.717, 1.165) is 23.0 Å². The molecule has 1 aliphatic rings. The molecule has 1 aliphatic carbocycles. The van der Waals surface area contributed by atoms with Crippen molar-refractivity contribution in [3.63, 3.8) is 0 Å². The number of benzene rings is 2. The lowest BCUT2D eigenvalue weighted by Crippen LogP contribution is -2.27. The first kappa shape index (κ1) is 20.5. The van der Waals surface area contributed by atoms with Crippen LogP contribution in [-0.4, -0.2) is 45.2 Å². The fourth-order valence-electron chi connectivity index (χ4n) is 3.61. The highest BCUT2D eigenvalue weighted by Gasteiger charge is 2.39. The smallest absolute Gasteiger partial charge is 0.175 e. The summed E-state index contributed by atoms with van der Waals surface area (Å²) < 4.78 is 42.7. The number of allylic oxidation sites excluding steroid dienone is 2. The van der Waals surface area contributed by atoms with Gasteiger partial charge >= 0.3 is 0 Å². The molecule has 0 atom stereocenters. The Morgan fingerprint density at radius 3 is 2.00 bits per heavy atom. The van der Waals surface area contributed by atoms with Gasteiger partial charge in [0.15, 0.2) is 21.4 Å². The van der Waals surface area contributed by atoms with Crippen molar-refractivity contribution in [2.75, 3.05) is 26.6 Å². The van der Waals surface area contributed by atoms with Crippen molar-refractivity contribution in [3.8, 4) is 5.75 Å². The van der Waals surface area contributed by atoms with Gasteiger partial charge in [-0.2, -0.15) is 0 Å². The topological polar surface area (TPSA) is 83.8 Å². The molecule has 7 heteroatoms. The standard InChI is InChI=1S/C21H23FO5S/c1-27-20-8-5-15(9-19(20)22)18-11-21(12-23,13-24)10-17(18)14-3-6-16(7-4-14)28(2,25)26/h3-9,23-24H,10-13H2,1-2H3. The molecule has 28 heavy (non-hydrogen) atoms. The Morgan fingerprint density at radius 1 is 1.00 bits per heavy atom. The third-order valence-electron chi connectivity index (χ3n) is 5.27. The second-order valence-corrected chi connectivity index (χ2v) is 9.29. The third-order valence-corrected chi connectivity index (χ3v) is 6.40. The predicted molar refractivity (Wildman–Crippen MR) is 105 cm³/mol. The molecule has 0 bridgehead atoms. The molecule has 0 aromatic heterocycles. The number of hydrogen-bond donors (Lipinski definition) is 2. The monoisotopic (exact) mass is 406 g/mol. The van der Waals surface area contributed by atoms with Crippen LogP contribution in [-0.2, 0) is 9.84 Å². The van der Waals surface area contributed by atoms with E-state index in [-0.39, 0.29) is 23.9 Å². The van der Waals surface area contributed by atoms with Gasteiger partial charge in [0.1, 0.15) is 0 Å². The Bertz CT molecular complexity index is 1010. The molecule has 0 amide bonds. The van der Waals surface area contributed by atoms with Gasteiger partial charge in [0.2, 0.25) is 0 Å². The van der Waals surface area contributed by atoms with Crippen LogP contribution >= 0.6 is 0 Å². The van der Waals surface area contributed by atoms with E-state index in [1.807, 2.05) is 0 Å². The molecule has 0 saturated carbocycles. The summed E-state index contributed by atoms with van der Waals surface area (Å²) in [5, 5.41) is 19.7. The average molecular weight is 406 g/mol. The van der Waals surface area contributed by atoms with Crippen LogP contribution in [0.1, 0.15) is 24.0 Å². The van der Waals surface area contributed by atoms with E-state index in [0.29, 0.717) is 18.4 Å². The SMILES string of the molecule is COc1ccc(C2=C(c3ccc(S(C)(=O)=O)cc3)CC(CO)(CO)C2)cc1F. The van der Waals surface area contributed by atoms with Gasteiger partial charge < -0.3 is 14.9 Å². The molecule has 0 spiro atoms.